The van der Waals surface area contributed by atoms with Gasteiger partial charge >= 0.3 is 6.09 Å². The molecule has 1 aromatic carbocycles. The van der Waals surface area contributed by atoms with Crippen molar-refractivity contribution in [1.82, 2.24) is 9.88 Å². The Kier molecular flexibility index (Phi) is 7.07. The molecule has 0 saturated carbocycles. The molecular formula is C21H26FN3O6S. The van der Waals surface area contributed by atoms with Crippen LogP contribution in [0, 0.1) is 5.82 Å². The molecule has 1 aliphatic rings. The number of piperidine rings is 1. The van der Waals surface area contributed by atoms with Gasteiger partial charge in [-0.05, 0) is 32.0 Å². The molecule has 2 heterocycles. The number of aromatic hydroxyl groups is 1. The zero-order chi connectivity index (χ0) is 23.5. The lowest BCUT2D eigenvalue weighted by Crippen LogP contribution is -2.42. The van der Waals surface area contributed by atoms with E-state index >= 15 is 0 Å². The number of likely N-dealkylation sites (tertiary alicyclic amines) is 1. The molecule has 1 amide bonds. The average molecular weight is 468 g/mol. The highest BCUT2D eigenvalue weighted by Crippen LogP contribution is 2.36. The molecule has 1 saturated heterocycles. The second kappa shape index (κ2) is 9.60. The first-order valence-electron chi connectivity index (χ1n) is 10.1. The van der Waals surface area contributed by atoms with Crippen LogP contribution in [0.4, 0.5) is 20.7 Å². The van der Waals surface area contributed by atoms with Gasteiger partial charge < -0.3 is 24.8 Å². The van der Waals surface area contributed by atoms with Crippen LogP contribution in [-0.4, -0.2) is 61.1 Å². The van der Waals surface area contributed by atoms with Crippen molar-refractivity contribution in [2.24, 2.45) is 0 Å². The Hall–Kier alpha value is -3.08. The summed E-state index contributed by atoms with van der Waals surface area (Å²) in [4.78, 5) is 17.5. The maximum absolute atomic E-state index is 14.3. The smallest absolute Gasteiger partial charge is 0.410 e. The molecule has 1 aliphatic heterocycles. The minimum absolute atomic E-state index is 0.0357. The van der Waals surface area contributed by atoms with E-state index < -0.39 is 15.7 Å². The van der Waals surface area contributed by atoms with Gasteiger partial charge in [0, 0.05) is 44.5 Å². The fourth-order valence-corrected chi connectivity index (χ4v) is 3.82. The Morgan fingerprint density at radius 3 is 2.56 bits per heavy atom. The van der Waals surface area contributed by atoms with Gasteiger partial charge in [-0.1, -0.05) is 0 Å². The van der Waals surface area contributed by atoms with E-state index in [-0.39, 0.29) is 46.2 Å². The summed E-state index contributed by atoms with van der Waals surface area (Å²) in [7, 11) is -3.55. The fraction of sp³-hybridized carbons (Fsp3) is 0.429. The number of aromatic nitrogens is 1. The number of ether oxygens (including phenoxy) is 2. The first-order chi connectivity index (χ1) is 15.0. The standard InChI is InChI=1S/C21H26FN3O6S/c1-13(2)30-21(27)25-10-7-14(8-11-25)31-18-6-9-23-20(19(18)26)24-17-5-4-15(12-16(17)22)32(3,28)29/h4-6,9,12-14,26H,7-8,10-11H2,1-3H3,(H,23,24). The molecule has 11 heteroatoms. The first kappa shape index (κ1) is 23.6. The number of pyridine rings is 1. The summed E-state index contributed by atoms with van der Waals surface area (Å²) in [6, 6.07) is 4.90. The van der Waals surface area contributed by atoms with Crippen LogP contribution in [0.1, 0.15) is 26.7 Å². The summed E-state index contributed by atoms with van der Waals surface area (Å²) in [6.07, 6.45) is 2.71. The molecule has 0 bridgehead atoms. The summed E-state index contributed by atoms with van der Waals surface area (Å²) in [5.41, 5.74) is -0.0469. The van der Waals surface area contributed by atoms with Gasteiger partial charge in [-0.25, -0.2) is 22.6 Å². The lowest BCUT2D eigenvalue weighted by molar-refractivity contribution is 0.0511. The fourth-order valence-electron chi connectivity index (χ4n) is 3.19. The van der Waals surface area contributed by atoms with Gasteiger partial charge in [0.25, 0.3) is 0 Å². The Bertz CT molecular complexity index is 1080. The number of carbonyl (C=O) groups is 1. The molecule has 1 fully saturated rings. The number of nitrogens with zero attached hydrogens (tertiary/aromatic N) is 2. The molecule has 0 aliphatic carbocycles. The number of halogens is 1. The molecule has 1 aromatic heterocycles. The minimum atomic E-state index is -3.55. The average Bonchev–Trinajstić information content (AvgIpc) is 2.71. The number of hydrogen-bond acceptors (Lipinski definition) is 8. The normalized spacial score (nSPS) is 15.0. The predicted molar refractivity (Wildman–Crippen MR) is 116 cm³/mol. The van der Waals surface area contributed by atoms with Crippen molar-refractivity contribution in [3.05, 3.63) is 36.3 Å². The Morgan fingerprint density at radius 1 is 1.28 bits per heavy atom. The predicted octanol–water partition coefficient (Wildman–Crippen LogP) is 3.46. The van der Waals surface area contributed by atoms with Crippen LogP contribution >= 0.6 is 0 Å². The number of sulfone groups is 1. The number of carbonyl (C=O) groups excluding carboxylic acids is 1. The van der Waals surface area contributed by atoms with Crippen LogP contribution in [0.2, 0.25) is 0 Å². The van der Waals surface area contributed by atoms with Crippen molar-refractivity contribution in [2.45, 2.75) is 43.8 Å². The maximum Gasteiger partial charge on any atom is 0.410 e. The molecule has 0 spiro atoms. The second-order valence-electron chi connectivity index (χ2n) is 7.78. The van der Waals surface area contributed by atoms with Crippen molar-refractivity contribution in [2.75, 3.05) is 24.7 Å². The third kappa shape index (κ3) is 5.78. The van der Waals surface area contributed by atoms with Crippen molar-refractivity contribution < 1.29 is 32.2 Å². The van der Waals surface area contributed by atoms with E-state index in [9.17, 15) is 22.7 Å². The largest absolute Gasteiger partial charge is 0.502 e. The van der Waals surface area contributed by atoms with E-state index in [1.54, 1.807) is 18.7 Å². The molecular weight excluding hydrogens is 441 g/mol. The highest BCUT2D eigenvalue weighted by molar-refractivity contribution is 7.90. The van der Waals surface area contributed by atoms with Crippen molar-refractivity contribution in [3.8, 4) is 11.5 Å². The van der Waals surface area contributed by atoms with Gasteiger partial charge in [0.05, 0.1) is 16.7 Å². The van der Waals surface area contributed by atoms with Crippen LogP contribution in [0.25, 0.3) is 0 Å². The highest BCUT2D eigenvalue weighted by Gasteiger charge is 2.26. The van der Waals surface area contributed by atoms with Gasteiger partial charge in [-0.3, -0.25) is 0 Å². The third-order valence-corrected chi connectivity index (χ3v) is 5.95. The quantitative estimate of drug-likeness (QED) is 0.663. The van der Waals surface area contributed by atoms with Crippen LogP contribution < -0.4 is 10.1 Å². The Balaban J connectivity index is 1.66. The van der Waals surface area contributed by atoms with E-state index in [4.69, 9.17) is 9.47 Å². The molecule has 2 N–H and O–H groups in total. The van der Waals surface area contributed by atoms with E-state index in [0.29, 0.717) is 25.9 Å². The van der Waals surface area contributed by atoms with E-state index in [1.807, 2.05) is 0 Å². The molecule has 3 rings (SSSR count). The number of benzene rings is 1. The van der Waals surface area contributed by atoms with E-state index in [2.05, 4.69) is 10.3 Å². The van der Waals surface area contributed by atoms with Crippen LogP contribution in [0.3, 0.4) is 0 Å². The summed E-state index contributed by atoms with van der Waals surface area (Å²) in [5, 5.41) is 13.2. The van der Waals surface area contributed by atoms with Gasteiger partial charge in [0.15, 0.2) is 21.4 Å². The lowest BCUT2D eigenvalue weighted by Gasteiger charge is -2.32. The van der Waals surface area contributed by atoms with E-state index in [0.717, 1.165) is 12.3 Å². The van der Waals surface area contributed by atoms with E-state index in [1.165, 1.54) is 24.4 Å². The number of anilines is 2. The van der Waals surface area contributed by atoms with Crippen molar-refractivity contribution in [1.29, 1.82) is 0 Å². The van der Waals surface area contributed by atoms with Gasteiger partial charge in [-0.2, -0.15) is 0 Å². The maximum atomic E-state index is 14.3. The monoisotopic (exact) mass is 467 g/mol. The molecule has 2 aromatic rings. The van der Waals surface area contributed by atoms with Crippen molar-refractivity contribution in [3.63, 3.8) is 0 Å². The molecule has 32 heavy (non-hydrogen) atoms. The summed E-state index contributed by atoms with van der Waals surface area (Å²) >= 11 is 0. The zero-order valence-corrected chi connectivity index (χ0v) is 18.9. The number of amides is 1. The Morgan fingerprint density at radius 2 is 1.97 bits per heavy atom. The van der Waals surface area contributed by atoms with Gasteiger partial charge in [0.2, 0.25) is 5.75 Å². The first-order valence-corrected chi connectivity index (χ1v) is 12.0. The Labute approximate surface area is 186 Å². The summed E-state index contributed by atoms with van der Waals surface area (Å²) < 4.78 is 48.5. The van der Waals surface area contributed by atoms with Gasteiger partial charge in [-0.15, -0.1) is 0 Å². The number of rotatable bonds is 6. The SMILES string of the molecule is CC(C)OC(=O)N1CCC(Oc2ccnc(Nc3ccc(S(C)(=O)=O)cc3F)c2O)CC1. The number of hydrogen-bond donors (Lipinski definition) is 2. The highest BCUT2D eigenvalue weighted by atomic mass is 32.2. The van der Waals surface area contributed by atoms with Crippen LogP contribution in [0.15, 0.2) is 35.4 Å². The minimum Gasteiger partial charge on any atom is -0.502 e. The summed E-state index contributed by atoms with van der Waals surface area (Å²) in [5.74, 6) is -0.979. The number of nitrogens with one attached hydrogen (secondary N) is 1. The van der Waals surface area contributed by atoms with Crippen molar-refractivity contribution >= 4 is 27.4 Å². The second-order valence-corrected chi connectivity index (χ2v) is 9.80. The van der Waals surface area contributed by atoms with Crippen LogP contribution in [0.5, 0.6) is 11.5 Å². The third-order valence-electron chi connectivity index (χ3n) is 4.84. The molecule has 9 nitrogen and oxygen atoms in total. The molecule has 0 radical (unpaired) electrons. The van der Waals surface area contributed by atoms with Crippen LogP contribution in [-0.2, 0) is 14.6 Å². The summed E-state index contributed by atoms with van der Waals surface area (Å²) in [6.45, 7) is 4.51. The van der Waals surface area contributed by atoms with Gasteiger partial charge in [0.1, 0.15) is 11.9 Å². The zero-order valence-electron chi connectivity index (χ0n) is 18.0. The lowest BCUT2D eigenvalue weighted by atomic mass is 10.1. The topological polar surface area (TPSA) is 118 Å². The molecule has 0 atom stereocenters. The molecule has 0 unspecified atom stereocenters. The molecule has 174 valence electrons.